The third-order valence-corrected chi connectivity index (χ3v) is 7.79. The molecule has 1 rings (SSSR count). The summed E-state index contributed by atoms with van der Waals surface area (Å²) in [7, 11) is 0. The smallest absolute Gasteiger partial charge is 0.220 e. The molecule has 1 saturated heterocycles. The van der Waals surface area contributed by atoms with Gasteiger partial charge < -0.3 is 40.3 Å². The van der Waals surface area contributed by atoms with Crippen molar-refractivity contribution in [2.45, 2.75) is 147 Å². The van der Waals surface area contributed by atoms with Gasteiger partial charge in [0.2, 0.25) is 5.91 Å². The van der Waals surface area contributed by atoms with E-state index in [1.165, 1.54) is 0 Å². The van der Waals surface area contributed by atoms with E-state index < -0.39 is 49.5 Å². The molecule has 0 radical (unpaired) electrons. The van der Waals surface area contributed by atoms with Gasteiger partial charge in [-0.15, -0.1) is 0 Å². The average Bonchev–Trinajstić information content (AvgIpc) is 3.07. The highest BCUT2D eigenvalue weighted by Crippen LogP contribution is 2.22. The molecule has 1 aliphatic heterocycles. The molecule has 0 saturated carbocycles. The van der Waals surface area contributed by atoms with E-state index in [1.54, 1.807) is 6.08 Å². The van der Waals surface area contributed by atoms with E-state index >= 15 is 0 Å². The molecule has 268 valence electrons. The van der Waals surface area contributed by atoms with Crippen LogP contribution in [0.5, 0.6) is 0 Å². The van der Waals surface area contributed by atoms with Gasteiger partial charge in [-0.05, 0) is 64.2 Å². The van der Waals surface area contributed by atoms with Gasteiger partial charge in [0.25, 0.3) is 0 Å². The fourth-order valence-electron chi connectivity index (χ4n) is 4.88. The molecular formula is C38H63NO8. The maximum Gasteiger partial charge on any atom is 0.220 e. The van der Waals surface area contributed by atoms with Gasteiger partial charge in [-0.1, -0.05) is 106 Å². The summed E-state index contributed by atoms with van der Waals surface area (Å²) in [5, 5.41) is 53.4. The lowest BCUT2D eigenvalue weighted by molar-refractivity contribution is -0.302. The second-order valence-corrected chi connectivity index (χ2v) is 11.9. The highest BCUT2D eigenvalue weighted by molar-refractivity contribution is 5.76. The van der Waals surface area contributed by atoms with E-state index in [2.05, 4.69) is 79.9 Å². The van der Waals surface area contributed by atoms with Crippen molar-refractivity contribution in [1.29, 1.82) is 0 Å². The monoisotopic (exact) mass is 661 g/mol. The van der Waals surface area contributed by atoms with Gasteiger partial charge in [-0.25, -0.2) is 0 Å². The first-order chi connectivity index (χ1) is 22.8. The van der Waals surface area contributed by atoms with Crippen LogP contribution in [-0.2, 0) is 14.3 Å². The van der Waals surface area contributed by atoms with Crippen molar-refractivity contribution in [1.82, 2.24) is 5.32 Å². The van der Waals surface area contributed by atoms with Gasteiger partial charge in [0.05, 0.1) is 25.4 Å². The third-order valence-electron chi connectivity index (χ3n) is 7.79. The van der Waals surface area contributed by atoms with Gasteiger partial charge in [-0.3, -0.25) is 4.79 Å². The summed E-state index contributed by atoms with van der Waals surface area (Å²) in [5.41, 5.74) is 0. The number of ether oxygens (including phenoxy) is 2. The molecule has 9 nitrogen and oxygen atoms in total. The Bertz CT molecular complexity index is 957. The lowest BCUT2D eigenvalue weighted by Crippen LogP contribution is -2.60. The molecule has 1 aliphatic rings. The molecule has 6 N–H and O–H groups in total. The van der Waals surface area contributed by atoms with Crippen LogP contribution in [-0.4, -0.2) is 87.5 Å². The molecule has 0 aromatic carbocycles. The van der Waals surface area contributed by atoms with E-state index in [0.29, 0.717) is 12.8 Å². The van der Waals surface area contributed by atoms with E-state index in [9.17, 15) is 30.3 Å². The summed E-state index contributed by atoms with van der Waals surface area (Å²) in [4.78, 5) is 12.7. The molecule has 0 aromatic rings. The number of carbonyl (C=O) groups excluding carboxylic acids is 1. The zero-order valence-corrected chi connectivity index (χ0v) is 28.7. The number of hydrogen-bond donors (Lipinski definition) is 6. The van der Waals surface area contributed by atoms with Crippen LogP contribution >= 0.6 is 0 Å². The van der Waals surface area contributed by atoms with Crippen molar-refractivity contribution < 1.29 is 39.8 Å². The maximum atomic E-state index is 12.7. The molecule has 1 fully saturated rings. The molecule has 0 spiro atoms. The Balaban J connectivity index is 2.39. The summed E-state index contributed by atoms with van der Waals surface area (Å²) in [6.45, 7) is 3.47. The molecule has 7 atom stereocenters. The van der Waals surface area contributed by atoms with E-state index in [0.717, 1.165) is 77.0 Å². The number of nitrogens with one attached hydrogen (secondary N) is 1. The number of carbonyl (C=O) groups is 1. The first kappa shape index (κ1) is 42.7. The van der Waals surface area contributed by atoms with Crippen LogP contribution in [0.15, 0.2) is 72.9 Å². The largest absolute Gasteiger partial charge is 0.394 e. The second-order valence-electron chi connectivity index (χ2n) is 11.9. The molecule has 1 heterocycles. The summed E-state index contributed by atoms with van der Waals surface area (Å²) in [6.07, 6.45) is 29.9. The zero-order valence-electron chi connectivity index (χ0n) is 28.7. The molecular weight excluding hydrogens is 598 g/mol. The second kappa shape index (κ2) is 28.6. The first-order valence-electron chi connectivity index (χ1n) is 17.7. The van der Waals surface area contributed by atoms with Gasteiger partial charge in [0.1, 0.15) is 24.4 Å². The van der Waals surface area contributed by atoms with Crippen LogP contribution in [0.3, 0.4) is 0 Å². The fourth-order valence-corrected chi connectivity index (χ4v) is 4.88. The van der Waals surface area contributed by atoms with E-state index in [4.69, 9.17) is 9.47 Å². The number of amides is 1. The van der Waals surface area contributed by atoms with Gasteiger partial charge in [-0.2, -0.15) is 0 Å². The van der Waals surface area contributed by atoms with Crippen molar-refractivity contribution in [3.63, 3.8) is 0 Å². The van der Waals surface area contributed by atoms with E-state index in [-0.39, 0.29) is 12.5 Å². The maximum absolute atomic E-state index is 12.7. The van der Waals surface area contributed by atoms with Gasteiger partial charge in [0, 0.05) is 6.42 Å². The highest BCUT2D eigenvalue weighted by Gasteiger charge is 2.44. The van der Waals surface area contributed by atoms with Crippen molar-refractivity contribution in [3.05, 3.63) is 72.9 Å². The van der Waals surface area contributed by atoms with Crippen molar-refractivity contribution in [3.8, 4) is 0 Å². The van der Waals surface area contributed by atoms with Gasteiger partial charge in [0.15, 0.2) is 6.29 Å². The number of unbranched alkanes of at least 4 members (excludes halogenated alkanes) is 6. The molecule has 0 bridgehead atoms. The highest BCUT2D eigenvalue weighted by atomic mass is 16.7. The standard InChI is InChI=1S/C38H63NO8/c1-3-5-7-9-10-11-12-13-14-15-16-17-18-19-20-21-22-24-26-28-34(42)39-31(32(41)27-25-23-8-6-4-2)30-46-38-37(45)36(44)35(43)33(29-40)47-38/h5,7,10-11,13-14,16-17,19-20,25,27,31-33,35-38,40-41,43-45H,3-4,6,8-9,12,15,18,21-24,26,28-30H2,1-2H3,(H,39,42)/b7-5-,11-10-,14-13-,17-16-,20-19-,27-25+. The number of rotatable bonds is 26. The topological polar surface area (TPSA) is 149 Å². The van der Waals surface area contributed by atoms with Crippen molar-refractivity contribution in [2.75, 3.05) is 13.2 Å². The summed E-state index contributed by atoms with van der Waals surface area (Å²) in [6, 6.07) is -0.821. The lowest BCUT2D eigenvalue weighted by atomic mass is 9.99. The van der Waals surface area contributed by atoms with Crippen LogP contribution in [0.25, 0.3) is 0 Å². The summed E-state index contributed by atoms with van der Waals surface area (Å²) < 4.78 is 11.0. The minimum Gasteiger partial charge on any atom is -0.394 e. The third kappa shape index (κ3) is 20.6. The van der Waals surface area contributed by atoms with Crippen LogP contribution in [0.1, 0.15) is 104 Å². The number of hydrogen-bond acceptors (Lipinski definition) is 8. The molecule has 1 amide bonds. The van der Waals surface area contributed by atoms with Gasteiger partial charge >= 0.3 is 0 Å². The van der Waals surface area contributed by atoms with Crippen molar-refractivity contribution >= 4 is 5.91 Å². The predicted molar refractivity (Wildman–Crippen MR) is 188 cm³/mol. The summed E-state index contributed by atoms with van der Waals surface area (Å²) in [5.74, 6) is -0.222. The first-order valence-corrected chi connectivity index (χ1v) is 17.7. The Morgan fingerprint density at radius 1 is 0.745 bits per heavy atom. The SMILES string of the molecule is CC/C=C\C/C=C\C/C=C\C/C=C\C/C=C\CCCCCC(=O)NC(COC1OC(CO)C(O)C(O)C1O)C(O)/C=C/CCCCC. The van der Waals surface area contributed by atoms with Crippen LogP contribution < -0.4 is 5.32 Å². The van der Waals surface area contributed by atoms with E-state index in [1.807, 2.05) is 6.08 Å². The molecule has 47 heavy (non-hydrogen) atoms. The lowest BCUT2D eigenvalue weighted by Gasteiger charge is -2.40. The number of aliphatic hydroxyl groups is 5. The Labute approximate surface area is 283 Å². The number of aliphatic hydroxyl groups excluding tert-OH is 5. The fraction of sp³-hybridized carbons (Fsp3) is 0.658. The van der Waals surface area contributed by atoms with Crippen LogP contribution in [0, 0.1) is 0 Å². The minimum absolute atomic E-state index is 0.209. The molecule has 7 unspecified atom stereocenters. The Hall–Kier alpha value is -2.37. The minimum atomic E-state index is -1.57. The Kier molecular flexibility index (Phi) is 26.0. The summed E-state index contributed by atoms with van der Waals surface area (Å²) >= 11 is 0. The zero-order chi connectivity index (χ0) is 34.5. The normalized spacial score (nSPS) is 23.8. The predicted octanol–water partition coefficient (Wildman–Crippen LogP) is 5.49. The average molecular weight is 662 g/mol. The van der Waals surface area contributed by atoms with Crippen molar-refractivity contribution in [2.24, 2.45) is 0 Å². The molecule has 9 heteroatoms. The number of allylic oxidation sites excluding steroid dienone is 11. The Morgan fingerprint density at radius 2 is 1.32 bits per heavy atom. The molecule has 0 aliphatic carbocycles. The molecule has 0 aromatic heterocycles. The quantitative estimate of drug-likeness (QED) is 0.0527. The van der Waals surface area contributed by atoms with Crippen LogP contribution in [0.2, 0.25) is 0 Å². The Morgan fingerprint density at radius 3 is 1.91 bits per heavy atom. The van der Waals surface area contributed by atoms with Crippen LogP contribution in [0.4, 0.5) is 0 Å².